The number of carbonyl (C=O) groups is 1. The third kappa shape index (κ3) is 2.63. The fourth-order valence-electron chi connectivity index (χ4n) is 8.84. The number of esters is 1. The first-order valence-electron chi connectivity index (χ1n) is 12.8. The van der Waals surface area contributed by atoms with Crippen molar-refractivity contribution in [3.63, 3.8) is 0 Å². The average Bonchev–Trinajstić information content (AvgIpc) is 3.26. The van der Waals surface area contributed by atoms with Gasteiger partial charge in [0.2, 0.25) is 0 Å². The lowest BCUT2D eigenvalue weighted by Crippen LogP contribution is -2.75. The summed E-state index contributed by atoms with van der Waals surface area (Å²) in [7, 11) is 1.63. The molecule has 7 heteroatoms. The number of cyclic esters (lactones) is 1. The van der Waals surface area contributed by atoms with Crippen LogP contribution in [0.5, 0.6) is 5.75 Å². The molecule has 0 bridgehead atoms. The van der Waals surface area contributed by atoms with Crippen molar-refractivity contribution in [3.05, 3.63) is 40.5 Å². The highest BCUT2D eigenvalue weighted by atomic mass is 16.7. The normalized spacial score (nSPS) is 48.3. The topological polar surface area (TPSA) is 105 Å². The molecule has 2 saturated carbocycles. The highest BCUT2D eigenvalue weighted by Crippen LogP contribution is 2.73. The van der Waals surface area contributed by atoms with Gasteiger partial charge in [0.15, 0.2) is 11.9 Å². The van der Waals surface area contributed by atoms with Crippen molar-refractivity contribution in [2.75, 3.05) is 7.11 Å². The molecule has 0 radical (unpaired) electrons. The number of phenols is 1. The molecule has 2 heterocycles. The number of carbonyl (C=O) groups excluding carboxylic acids is 1. The number of aliphatic hydroxyl groups is 2. The van der Waals surface area contributed by atoms with Gasteiger partial charge in [-0.15, -0.1) is 0 Å². The van der Waals surface area contributed by atoms with Gasteiger partial charge >= 0.3 is 5.97 Å². The minimum Gasteiger partial charge on any atom is -0.508 e. The van der Waals surface area contributed by atoms with E-state index < -0.39 is 35.1 Å². The molecule has 3 N–H and O–H groups in total. The van der Waals surface area contributed by atoms with E-state index in [1.165, 1.54) is 0 Å². The second kappa shape index (κ2) is 7.31. The van der Waals surface area contributed by atoms with Crippen molar-refractivity contribution in [2.45, 2.75) is 89.0 Å². The molecule has 35 heavy (non-hydrogen) atoms. The lowest BCUT2D eigenvalue weighted by Gasteiger charge is -2.67. The van der Waals surface area contributed by atoms with Gasteiger partial charge in [0.25, 0.3) is 0 Å². The van der Waals surface area contributed by atoms with E-state index in [0.717, 1.165) is 23.1 Å². The average molecular weight is 485 g/mol. The van der Waals surface area contributed by atoms with E-state index >= 15 is 0 Å². The Bertz CT molecular complexity index is 1130. The third-order valence-electron chi connectivity index (χ3n) is 10.9. The summed E-state index contributed by atoms with van der Waals surface area (Å²) >= 11 is 0. The van der Waals surface area contributed by atoms with E-state index in [9.17, 15) is 20.1 Å². The maximum absolute atomic E-state index is 12.5. The van der Waals surface area contributed by atoms with Crippen molar-refractivity contribution in [2.24, 2.45) is 23.2 Å². The molecule has 10 atom stereocenters. The van der Waals surface area contributed by atoms with Gasteiger partial charge in [-0.05, 0) is 68.1 Å². The minimum absolute atomic E-state index is 0.0292. The highest BCUT2D eigenvalue weighted by molar-refractivity contribution is 5.91. The molecule has 0 spiro atoms. The van der Waals surface area contributed by atoms with E-state index in [-0.39, 0.29) is 35.4 Å². The Hall–Kier alpha value is -1.93. The fourth-order valence-corrected chi connectivity index (χ4v) is 8.84. The van der Waals surface area contributed by atoms with E-state index in [1.54, 1.807) is 26.2 Å². The summed E-state index contributed by atoms with van der Waals surface area (Å²) in [5.41, 5.74) is 1.11. The maximum atomic E-state index is 12.5. The molecule has 3 aliphatic carbocycles. The van der Waals surface area contributed by atoms with E-state index in [2.05, 4.69) is 6.92 Å². The van der Waals surface area contributed by atoms with Crippen molar-refractivity contribution in [1.82, 2.24) is 0 Å². The Morgan fingerprint density at radius 3 is 2.63 bits per heavy atom. The first-order chi connectivity index (χ1) is 16.5. The number of rotatable bonds is 2. The van der Waals surface area contributed by atoms with Gasteiger partial charge in [-0.1, -0.05) is 26.0 Å². The number of aromatic hydroxyl groups is 1. The molecule has 0 amide bonds. The van der Waals surface area contributed by atoms with Crippen LogP contribution >= 0.6 is 0 Å². The SMILES string of the molecule is CO[C@@]12C[C@@H]3c4c(O)cccc4[C@H](O)C[C@@H]3[C@@H]3CC[C@@](O)([C@H](C)[C@@H]([C@H]4OC(=O)C(C)=C4C)O1)[C@]32C. The van der Waals surface area contributed by atoms with Gasteiger partial charge in [-0.2, -0.15) is 0 Å². The number of fused-ring (bicyclic) bond motifs is 4. The zero-order chi connectivity index (χ0) is 25.1. The lowest BCUT2D eigenvalue weighted by atomic mass is 9.47. The van der Waals surface area contributed by atoms with E-state index in [0.29, 0.717) is 24.8 Å². The number of aliphatic hydroxyl groups excluding tert-OH is 1. The Morgan fingerprint density at radius 1 is 1.23 bits per heavy atom. The molecule has 6 rings (SSSR count). The number of hydrogen-bond donors (Lipinski definition) is 3. The number of ether oxygens (including phenoxy) is 3. The molecule has 0 aromatic heterocycles. The smallest absolute Gasteiger partial charge is 0.334 e. The first-order valence-corrected chi connectivity index (χ1v) is 12.8. The molecule has 1 aromatic carbocycles. The second-order valence-corrected chi connectivity index (χ2v) is 11.7. The fraction of sp³-hybridized carbons (Fsp3) is 0.679. The molecule has 1 saturated heterocycles. The highest BCUT2D eigenvalue weighted by Gasteiger charge is 2.78. The van der Waals surface area contributed by atoms with Gasteiger partial charge in [0, 0.05) is 30.6 Å². The van der Waals surface area contributed by atoms with Crippen LogP contribution in [0.15, 0.2) is 29.3 Å². The van der Waals surface area contributed by atoms with Crippen molar-refractivity contribution in [1.29, 1.82) is 0 Å². The first kappa shape index (κ1) is 23.5. The maximum Gasteiger partial charge on any atom is 0.334 e. The zero-order valence-electron chi connectivity index (χ0n) is 21.1. The molecule has 3 fully saturated rings. The molecule has 0 unspecified atom stereocenters. The largest absolute Gasteiger partial charge is 0.508 e. The predicted molar refractivity (Wildman–Crippen MR) is 126 cm³/mol. The molecule has 7 nitrogen and oxygen atoms in total. The predicted octanol–water partition coefficient (Wildman–Crippen LogP) is 3.72. The van der Waals surface area contributed by atoms with Crippen LogP contribution in [-0.2, 0) is 19.0 Å². The quantitative estimate of drug-likeness (QED) is 0.550. The Balaban J connectivity index is 1.51. The molecule has 2 aliphatic heterocycles. The Kier molecular flexibility index (Phi) is 4.90. The number of hydrogen-bond acceptors (Lipinski definition) is 7. The zero-order valence-corrected chi connectivity index (χ0v) is 21.1. The van der Waals surface area contributed by atoms with Gasteiger partial charge in [0.1, 0.15) is 11.9 Å². The molecule has 5 aliphatic rings. The standard InChI is InChI=1S/C28H36O7/c1-13-14(2)25(31)34-23(13)24-15(3)27(32)10-9-19-17-11-21(30)16-7-6-8-20(29)22(16)18(17)12-28(33-5,35-24)26(19,27)4/h6-8,15,17-19,21,23-24,29-30,32H,9-12H2,1-5H3/t15-,17+,18+,19+,21-,23+,24+,26+,27-,28+/m1/s1. The van der Waals surface area contributed by atoms with Crippen LogP contribution in [0.2, 0.25) is 0 Å². The summed E-state index contributed by atoms with van der Waals surface area (Å²) in [6, 6.07) is 5.33. The van der Waals surface area contributed by atoms with Crippen molar-refractivity contribution >= 4 is 5.97 Å². The van der Waals surface area contributed by atoms with Crippen LogP contribution in [0.4, 0.5) is 0 Å². The van der Waals surface area contributed by atoms with E-state index in [4.69, 9.17) is 14.2 Å². The number of methoxy groups -OCH3 is 1. The van der Waals surface area contributed by atoms with Crippen molar-refractivity contribution < 1.29 is 34.3 Å². The Morgan fingerprint density at radius 2 is 1.97 bits per heavy atom. The van der Waals surface area contributed by atoms with Crippen LogP contribution < -0.4 is 0 Å². The monoisotopic (exact) mass is 484 g/mol. The third-order valence-corrected chi connectivity index (χ3v) is 10.9. The van der Waals surface area contributed by atoms with Gasteiger partial charge < -0.3 is 29.5 Å². The number of phenolic OH excluding ortho intramolecular Hbond substituents is 1. The second-order valence-electron chi connectivity index (χ2n) is 11.7. The van der Waals surface area contributed by atoms with E-state index in [1.807, 2.05) is 19.9 Å². The van der Waals surface area contributed by atoms with Gasteiger partial charge in [-0.3, -0.25) is 0 Å². The summed E-state index contributed by atoms with van der Waals surface area (Å²) in [5.74, 6) is -1.59. The molecular weight excluding hydrogens is 448 g/mol. The molecule has 1 aromatic rings. The summed E-state index contributed by atoms with van der Waals surface area (Å²) in [4.78, 5) is 12.4. The van der Waals surface area contributed by atoms with Crippen LogP contribution in [0.1, 0.15) is 76.5 Å². The molecular formula is C28H36O7. The summed E-state index contributed by atoms with van der Waals surface area (Å²) in [5, 5.41) is 34.4. The summed E-state index contributed by atoms with van der Waals surface area (Å²) in [6.07, 6.45) is 0.562. The molecule has 190 valence electrons. The summed E-state index contributed by atoms with van der Waals surface area (Å²) in [6.45, 7) is 7.73. The van der Waals surface area contributed by atoms with Crippen LogP contribution in [-0.4, -0.2) is 52.0 Å². The van der Waals surface area contributed by atoms with Crippen LogP contribution in [0, 0.1) is 23.2 Å². The van der Waals surface area contributed by atoms with Gasteiger partial charge in [-0.25, -0.2) is 4.79 Å². The Labute approximate surface area is 206 Å². The van der Waals surface area contributed by atoms with Crippen molar-refractivity contribution in [3.8, 4) is 5.75 Å². The van der Waals surface area contributed by atoms with Crippen LogP contribution in [0.25, 0.3) is 0 Å². The minimum atomic E-state index is -1.15. The summed E-state index contributed by atoms with van der Waals surface area (Å²) < 4.78 is 19.0. The van der Waals surface area contributed by atoms with Crippen LogP contribution in [0.3, 0.4) is 0 Å². The number of benzene rings is 1. The van der Waals surface area contributed by atoms with Gasteiger partial charge in [0.05, 0.1) is 17.1 Å². The lowest BCUT2D eigenvalue weighted by molar-refractivity contribution is -0.414.